The van der Waals surface area contributed by atoms with Gasteiger partial charge in [0.2, 0.25) is 5.95 Å². The molecule has 3 heterocycles. The van der Waals surface area contributed by atoms with E-state index in [-0.39, 0.29) is 0 Å². The summed E-state index contributed by atoms with van der Waals surface area (Å²) < 4.78 is 5.01. The molecule has 84 valence electrons. The molecule has 0 aliphatic carbocycles. The molecule has 0 saturated carbocycles. The third-order valence-electron chi connectivity index (χ3n) is 2.67. The predicted octanol–water partition coefficient (Wildman–Crippen LogP) is 0.474. The molecule has 1 aliphatic rings. The van der Waals surface area contributed by atoms with Gasteiger partial charge in [-0.2, -0.15) is 4.98 Å². The van der Waals surface area contributed by atoms with Gasteiger partial charge in [-0.15, -0.1) is 5.10 Å². The van der Waals surface area contributed by atoms with Crippen molar-refractivity contribution in [2.75, 3.05) is 31.1 Å². The molecule has 6 heteroatoms. The molecule has 16 heavy (non-hydrogen) atoms. The summed E-state index contributed by atoms with van der Waals surface area (Å²) in [6.07, 6.45) is 3.28. The van der Waals surface area contributed by atoms with Gasteiger partial charge in [0, 0.05) is 26.2 Å². The van der Waals surface area contributed by atoms with E-state index < -0.39 is 0 Å². The van der Waals surface area contributed by atoms with Crippen LogP contribution in [0.5, 0.6) is 0 Å². The first kappa shape index (κ1) is 9.41. The quantitative estimate of drug-likeness (QED) is 0.768. The first-order valence-corrected chi connectivity index (χ1v) is 5.34. The monoisotopic (exact) mass is 219 g/mol. The molecule has 6 nitrogen and oxygen atoms in total. The van der Waals surface area contributed by atoms with Crippen molar-refractivity contribution in [1.82, 2.24) is 20.5 Å². The predicted molar refractivity (Wildman–Crippen MR) is 59.2 cm³/mol. The third-order valence-corrected chi connectivity index (χ3v) is 2.67. The summed E-state index contributed by atoms with van der Waals surface area (Å²) in [4.78, 5) is 6.61. The van der Waals surface area contributed by atoms with Crippen molar-refractivity contribution < 1.29 is 4.42 Å². The van der Waals surface area contributed by atoms with E-state index in [0.717, 1.165) is 43.5 Å². The molecular formula is C10H13N5O. The van der Waals surface area contributed by atoms with E-state index in [4.69, 9.17) is 4.42 Å². The highest BCUT2D eigenvalue weighted by Crippen LogP contribution is 2.17. The normalized spacial score (nSPS) is 16.6. The molecule has 2 aromatic heterocycles. The van der Waals surface area contributed by atoms with Gasteiger partial charge in [-0.25, -0.2) is 0 Å². The SMILES string of the molecule is c1cc(-c2nc(N3CCNCC3)n[nH]2)co1. The van der Waals surface area contributed by atoms with Crippen LogP contribution in [0.3, 0.4) is 0 Å². The zero-order valence-corrected chi connectivity index (χ0v) is 8.81. The number of hydrogen-bond donors (Lipinski definition) is 2. The van der Waals surface area contributed by atoms with Crippen LogP contribution >= 0.6 is 0 Å². The standard InChI is InChI=1S/C10H13N5O/c1-6-16-7-8(1)9-12-10(14-13-9)15-4-2-11-3-5-15/h1,6-7,11H,2-5H2,(H,12,13,14). The lowest BCUT2D eigenvalue weighted by molar-refractivity contribution is 0.568. The molecule has 2 aromatic rings. The minimum Gasteiger partial charge on any atom is -0.472 e. The fourth-order valence-electron chi connectivity index (χ4n) is 1.79. The molecule has 0 aromatic carbocycles. The molecule has 0 bridgehead atoms. The number of furan rings is 1. The van der Waals surface area contributed by atoms with E-state index in [2.05, 4.69) is 25.4 Å². The van der Waals surface area contributed by atoms with Crippen LogP contribution in [0.25, 0.3) is 11.4 Å². The van der Waals surface area contributed by atoms with Gasteiger partial charge in [0.25, 0.3) is 0 Å². The summed E-state index contributed by atoms with van der Waals surface area (Å²) in [7, 11) is 0. The van der Waals surface area contributed by atoms with Gasteiger partial charge >= 0.3 is 0 Å². The molecule has 1 saturated heterocycles. The van der Waals surface area contributed by atoms with Crippen LogP contribution in [-0.4, -0.2) is 41.4 Å². The first-order chi connectivity index (χ1) is 7.93. The van der Waals surface area contributed by atoms with Crippen LogP contribution in [0.2, 0.25) is 0 Å². The van der Waals surface area contributed by atoms with Crippen molar-refractivity contribution in [2.24, 2.45) is 0 Å². The maximum atomic E-state index is 5.01. The van der Waals surface area contributed by atoms with Gasteiger partial charge in [0.15, 0.2) is 5.82 Å². The topological polar surface area (TPSA) is 70.0 Å². The first-order valence-electron chi connectivity index (χ1n) is 5.34. The minimum absolute atomic E-state index is 0.752. The lowest BCUT2D eigenvalue weighted by atomic mass is 10.3. The molecule has 0 spiro atoms. The zero-order valence-electron chi connectivity index (χ0n) is 8.81. The molecule has 0 atom stereocenters. The van der Waals surface area contributed by atoms with Crippen molar-refractivity contribution in [3.8, 4) is 11.4 Å². The molecule has 1 aliphatic heterocycles. The number of nitrogens with zero attached hydrogens (tertiary/aromatic N) is 3. The van der Waals surface area contributed by atoms with Crippen LogP contribution in [-0.2, 0) is 0 Å². The Bertz CT molecular complexity index is 443. The average molecular weight is 219 g/mol. The molecular weight excluding hydrogens is 206 g/mol. The van der Waals surface area contributed by atoms with Gasteiger partial charge < -0.3 is 14.6 Å². The van der Waals surface area contributed by atoms with E-state index >= 15 is 0 Å². The van der Waals surface area contributed by atoms with Crippen LogP contribution in [0.15, 0.2) is 23.0 Å². The summed E-state index contributed by atoms with van der Waals surface area (Å²) >= 11 is 0. The van der Waals surface area contributed by atoms with Crippen molar-refractivity contribution in [3.63, 3.8) is 0 Å². The Labute approximate surface area is 92.7 Å². The fourth-order valence-corrected chi connectivity index (χ4v) is 1.79. The molecule has 0 radical (unpaired) electrons. The number of rotatable bonds is 2. The summed E-state index contributed by atoms with van der Waals surface area (Å²) in [6.45, 7) is 3.86. The Hall–Kier alpha value is -1.82. The molecule has 2 N–H and O–H groups in total. The highest BCUT2D eigenvalue weighted by Gasteiger charge is 2.15. The number of H-pyrrole nitrogens is 1. The second kappa shape index (κ2) is 3.97. The summed E-state index contributed by atoms with van der Waals surface area (Å²) in [5, 5.41) is 10.4. The maximum Gasteiger partial charge on any atom is 0.245 e. The van der Waals surface area contributed by atoms with Crippen LogP contribution in [0.1, 0.15) is 0 Å². The number of anilines is 1. The average Bonchev–Trinajstić information content (AvgIpc) is 3.01. The number of nitrogens with one attached hydrogen (secondary N) is 2. The van der Waals surface area contributed by atoms with Crippen LogP contribution in [0, 0.1) is 0 Å². The van der Waals surface area contributed by atoms with Gasteiger partial charge in [0.05, 0.1) is 11.8 Å². The Morgan fingerprint density at radius 3 is 2.94 bits per heavy atom. The van der Waals surface area contributed by atoms with Crippen molar-refractivity contribution in [1.29, 1.82) is 0 Å². The summed E-state index contributed by atoms with van der Waals surface area (Å²) in [5.74, 6) is 1.51. The second-order valence-corrected chi connectivity index (χ2v) is 3.73. The molecule has 0 amide bonds. The van der Waals surface area contributed by atoms with E-state index in [1.807, 2.05) is 6.07 Å². The largest absolute Gasteiger partial charge is 0.472 e. The number of piperazine rings is 1. The molecule has 3 rings (SSSR count). The third kappa shape index (κ3) is 1.67. The Morgan fingerprint density at radius 2 is 2.19 bits per heavy atom. The summed E-state index contributed by atoms with van der Waals surface area (Å²) in [6, 6.07) is 1.86. The van der Waals surface area contributed by atoms with Gasteiger partial charge in [-0.05, 0) is 6.07 Å². The highest BCUT2D eigenvalue weighted by atomic mass is 16.3. The van der Waals surface area contributed by atoms with Gasteiger partial charge in [-0.1, -0.05) is 0 Å². The molecule has 0 unspecified atom stereocenters. The van der Waals surface area contributed by atoms with Crippen molar-refractivity contribution in [3.05, 3.63) is 18.6 Å². The Morgan fingerprint density at radius 1 is 1.31 bits per heavy atom. The number of aromatic amines is 1. The van der Waals surface area contributed by atoms with Gasteiger partial charge in [0.1, 0.15) is 6.26 Å². The van der Waals surface area contributed by atoms with E-state index in [1.54, 1.807) is 12.5 Å². The van der Waals surface area contributed by atoms with Crippen LogP contribution < -0.4 is 10.2 Å². The van der Waals surface area contributed by atoms with E-state index in [1.165, 1.54) is 0 Å². The Kier molecular flexibility index (Phi) is 2.34. The maximum absolute atomic E-state index is 5.01. The smallest absolute Gasteiger partial charge is 0.245 e. The number of aromatic nitrogens is 3. The Balaban J connectivity index is 1.82. The van der Waals surface area contributed by atoms with Gasteiger partial charge in [-0.3, -0.25) is 5.10 Å². The lowest BCUT2D eigenvalue weighted by Gasteiger charge is -2.25. The minimum atomic E-state index is 0.752. The number of hydrogen-bond acceptors (Lipinski definition) is 5. The molecule has 1 fully saturated rings. The zero-order chi connectivity index (χ0) is 10.8. The summed E-state index contributed by atoms with van der Waals surface area (Å²) in [5.41, 5.74) is 0.925. The van der Waals surface area contributed by atoms with Crippen LogP contribution in [0.4, 0.5) is 5.95 Å². The fraction of sp³-hybridized carbons (Fsp3) is 0.400. The highest BCUT2D eigenvalue weighted by molar-refractivity contribution is 5.54. The van der Waals surface area contributed by atoms with Crippen molar-refractivity contribution >= 4 is 5.95 Å². The van der Waals surface area contributed by atoms with E-state index in [0.29, 0.717) is 0 Å². The van der Waals surface area contributed by atoms with E-state index in [9.17, 15) is 0 Å². The second-order valence-electron chi connectivity index (χ2n) is 3.73. The van der Waals surface area contributed by atoms with Crippen molar-refractivity contribution in [2.45, 2.75) is 0 Å². The lowest BCUT2D eigenvalue weighted by Crippen LogP contribution is -2.44.